The highest BCUT2D eigenvalue weighted by Gasteiger charge is 2.30. The van der Waals surface area contributed by atoms with Crippen molar-refractivity contribution in [3.8, 4) is 11.3 Å². The number of methoxy groups -OCH3 is 1. The van der Waals surface area contributed by atoms with Gasteiger partial charge in [0.15, 0.2) is 5.65 Å². The van der Waals surface area contributed by atoms with E-state index in [4.69, 9.17) is 4.74 Å². The fourth-order valence-corrected chi connectivity index (χ4v) is 2.67. The third-order valence-electron chi connectivity index (χ3n) is 4.10. The summed E-state index contributed by atoms with van der Waals surface area (Å²) in [5.74, 6) is 0.496. The number of carbonyl (C=O) groups is 1. The first-order valence-electron chi connectivity index (χ1n) is 7.99. The molecular formula is C18H18N4O2. The normalized spacial score (nSPS) is 14.0. The summed E-state index contributed by atoms with van der Waals surface area (Å²) in [5.41, 5.74) is 3.78. The van der Waals surface area contributed by atoms with Crippen molar-refractivity contribution in [1.82, 2.24) is 14.6 Å². The van der Waals surface area contributed by atoms with E-state index in [0.717, 1.165) is 29.7 Å². The molecule has 1 aliphatic rings. The highest BCUT2D eigenvalue weighted by Crippen LogP contribution is 2.30. The van der Waals surface area contributed by atoms with Crippen LogP contribution in [0, 0.1) is 5.92 Å². The Morgan fingerprint density at radius 2 is 2.04 bits per heavy atom. The summed E-state index contributed by atoms with van der Waals surface area (Å²) in [6, 6.07) is 13.9. The van der Waals surface area contributed by atoms with Crippen LogP contribution in [0.5, 0.6) is 0 Å². The van der Waals surface area contributed by atoms with Crippen LogP contribution >= 0.6 is 0 Å². The minimum Gasteiger partial charge on any atom is -0.380 e. The Morgan fingerprint density at radius 3 is 2.75 bits per heavy atom. The van der Waals surface area contributed by atoms with Crippen LogP contribution in [-0.2, 0) is 16.1 Å². The second-order valence-electron chi connectivity index (χ2n) is 6.01. The SMILES string of the molecule is COCc1ccc(-c2cccc3nc(NC(=O)C4CC4)nn23)cc1. The van der Waals surface area contributed by atoms with E-state index < -0.39 is 0 Å². The number of fused-ring (bicyclic) bond motifs is 1. The first kappa shape index (κ1) is 14.8. The molecule has 1 fully saturated rings. The summed E-state index contributed by atoms with van der Waals surface area (Å²) in [6.07, 6.45) is 1.91. The third kappa shape index (κ3) is 2.88. The van der Waals surface area contributed by atoms with Gasteiger partial charge >= 0.3 is 0 Å². The lowest BCUT2D eigenvalue weighted by Crippen LogP contribution is -2.14. The Hall–Kier alpha value is -2.73. The number of hydrogen-bond donors (Lipinski definition) is 1. The number of carbonyl (C=O) groups excluding carboxylic acids is 1. The molecule has 1 N–H and O–H groups in total. The van der Waals surface area contributed by atoms with Crippen molar-refractivity contribution >= 4 is 17.5 Å². The van der Waals surface area contributed by atoms with Gasteiger partial charge < -0.3 is 4.74 Å². The van der Waals surface area contributed by atoms with Crippen LogP contribution in [0.15, 0.2) is 42.5 Å². The van der Waals surface area contributed by atoms with Gasteiger partial charge in [-0.3, -0.25) is 10.1 Å². The van der Waals surface area contributed by atoms with Crippen molar-refractivity contribution in [2.45, 2.75) is 19.4 Å². The molecule has 24 heavy (non-hydrogen) atoms. The second-order valence-corrected chi connectivity index (χ2v) is 6.01. The van der Waals surface area contributed by atoms with Crippen molar-refractivity contribution in [3.63, 3.8) is 0 Å². The van der Waals surface area contributed by atoms with Gasteiger partial charge in [0.2, 0.25) is 11.9 Å². The Labute approximate surface area is 139 Å². The molecule has 0 aliphatic heterocycles. The minimum absolute atomic E-state index is 0.0105. The van der Waals surface area contributed by atoms with E-state index in [0.29, 0.717) is 18.2 Å². The predicted molar refractivity (Wildman–Crippen MR) is 90.5 cm³/mol. The van der Waals surface area contributed by atoms with Crippen molar-refractivity contribution in [3.05, 3.63) is 48.0 Å². The maximum Gasteiger partial charge on any atom is 0.249 e. The Morgan fingerprint density at radius 1 is 1.25 bits per heavy atom. The molecule has 0 unspecified atom stereocenters. The number of anilines is 1. The lowest BCUT2D eigenvalue weighted by atomic mass is 10.1. The molecule has 3 aromatic rings. The average molecular weight is 322 g/mol. The molecular weight excluding hydrogens is 304 g/mol. The van der Waals surface area contributed by atoms with Gasteiger partial charge in [0.1, 0.15) is 0 Å². The number of aromatic nitrogens is 3. The average Bonchev–Trinajstić information content (AvgIpc) is 3.36. The Bertz CT molecular complexity index is 882. The van der Waals surface area contributed by atoms with Crippen LogP contribution < -0.4 is 5.32 Å². The maximum absolute atomic E-state index is 11.9. The van der Waals surface area contributed by atoms with Gasteiger partial charge in [0.05, 0.1) is 12.3 Å². The van der Waals surface area contributed by atoms with Gasteiger partial charge in [-0.15, -0.1) is 5.10 Å². The van der Waals surface area contributed by atoms with E-state index in [9.17, 15) is 4.79 Å². The molecule has 2 heterocycles. The highest BCUT2D eigenvalue weighted by molar-refractivity contribution is 5.92. The Kier molecular flexibility index (Phi) is 3.74. The van der Waals surface area contributed by atoms with E-state index in [2.05, 4.69) is 15.4 Å². The molecule has 122 valence electrons. The van der Waals surface area contributed by atoms with E-state index >= 15 is 0 Å². The summed E-state index contributed by atoms with van der Waals surface area (Å²) in [5, 5.41) is 7.25. The van der Waals surface area contributed by atoms with Gasteiger partial charge in [-0.2, -0.15) is 4.98 Å². The van der Waals surface area contributed by atoms with Crippen molar-refractivity contribution in [2.24, 2.45) is 5.92 Å². The molecule has 4 rings (SSSR count). The van der Waals surface area contributed by atoms with Crippen molar-refractivity contribution < 1.29 is 9.53 Å². The molecule has 1 aromatic carbocycles. The smallest absolute Gasteiger partial charge is 0.249 e. The molecule has 2 aromatic heterocycles. The molecule has 1 saturated carbocycles. The van der Waals surface area contributed by atoms with E-state index in [-0.39, 0.29) is 11.8 Å². The number of ether oxygens (including phenoxy) is 1. The first-order chi connectivity index (χ1) is 11.7. The van der Waals surface area contributed by atoms with Crippen molar-refractivity contribution in [2.75, 3.05) is 12.4 Å². The molecule has 0 spiro atoms. The minimum atomic E-state index is 0.0105. The fraction of sp³-hybridized carbons (Fsp3) is 0.278. The molecule has 6 heteroatoms. The number of benzene rings is 1. The standard InChI is InChI=1S/C18H18N4O2/c1-24-11-12-5-7-13(8-6-12)15-3-2-4-16-19-18(21-22(15)16)20-17(23)14-9-10-14/h2-8,14H,9-11H2,1H3,(H,20,21,23). The Balaban J connectivity index is 1.67. The van der Waals surface area contributed by atoms with Gasteiger partial charge in [0.25, 0.3) is 0 Å². The van der Waals surface area contributed by atoms with E-state index in [1.807, 2.05) is 42.5 Å². The molecule has 0 bridgehead atoms. The summed E-state index contributed by atoms with van der Waals surface area (Å²) < 4.78 is 6.90. The van der Waals surface area contributed by atoms with Gasteiger partial charge in [-0.25, -0.2) is 4.52 Å². The zero-order valence-corrected chi connectivity index (χ0v) is 13.4. The molecule has 6 nitrogen and oxygen atoms in total. The first-order valence-corrected chi connectivity index (χ1v) is 7.99. The molecule has 1 amide bonds. The monoisotopic (exact) mass is 322 g/mol. The summed E-state index contributed by atoms with van der Waals surface area (Å²) in [6.45, 7) is 0.588. The van der Waals surface area contributed by atoms with Crippen LogP contribution in [-0.4, -0.2) is 27.6 Å². The van der Waals surface area contributed by atoms with Gasteiger partial charge in [-0.1, -0.05) is 30.3 Å². The maximum atomic E-state index is 11.9. The molecule has 1 aliphatic carbocycles. The molecule has 0 radical (unpaired) electrons. The summed E-state index contributed by atoms with van der Waals surface area (Å²) in [4.78, 5) is 16.3. The lowest BCUT2D eigenvalue weighted by Gasteiger charge is -2.05. The summed E-state index contributed by atoms with van der Waals surface area (Å²) >= 11 is 0. The van der Waals surface area contributed by atoms with Crippen LogP contribution in [0.2, 0.25) is 0 Å². The van der Waals surface area contributed by atoms with Crippen LogP contribution in [0.4, 0.5) is 5.95 Å². The number of nitrogens with one attached hydrogen (secondary N) is 1. The summed E-state index contributed by atoms with van der Waals surface area (Å²) in [7, 11) is 1.68. The number of amides is 1. The number of pyridine rings is 1. The van der Waals surface area contributed by atoms with E-state index in [1.165, 1.54) is 0 Å². The largest absolute Gasteiger partial charge is 0.380 e. The number of nitrogens with zero attached hydrogens (tertiary/aromatic N) is 3. The highest BCUT2D eigenvalue weighted by atomic mass is 16.5. The predicted octanol–water partition coefficient (Wildman–Crippen LogP) is 2.89. The quantitative estimate of drug-likeness (QED) is 0.784. The van der Waals surface area contributed by atoms with Crippen LogP contribution in [0.3, 0.4) is 0 Å². The van der Waals surface area contributed by atoms with Gasteiger partial charge in [0, 0.05) is 18.6 Å². The molecule has 0 saturated heterocycles. The van der Waals surface area contributed by atoms with E-state index in [1.54, 1.807) is 11.6 Å². The zero-order chi connectivity index (χ0) is 16.5. The van der Waals surface area contributed by atoms with Crippen LogP contribution in [0.25, 0.3) is 16.9 Å². The lowest BCUT2D eigenvalue weighted by molar-refractivity contribution is -0.117. The second kappa shape index (κ2) is 6.05. The topological polar surface area (TPSA) is 68.5 Å². The van der Waals surface area contributed by atoms with Gasteiger partial charge in [-0.05, 0) is 30.5 Å². The zero-order valence-electron chi connectivity index (χ0n) is 13.4. The fourth-order valence-electron chi connectivity index (χ4n) is 2.67. The number of hydrogen-bond acceptors (Lipinski definition) is 4. The molecule has 0 atom stereocenters. The third-order valence-corrected chi connectivity index (χ3v) is 4.10. The van der Waals surface area contributed by atoms with Crippen LogP contribution in [0.1, 0.15) is 18.4 Å². The number of rotatable bonds is 5. The van der Waals surface area contributed by atoms with Crippen molar-refractivity contribution in [1.29, 1.82) is 0 Å².